The van der Waals surface area contributed by atoms with Crippen LogP contribution < -0.4 is 21.5 Å². The Morgan fingerprint density at radius 1 is 1.32 bits per heavy atom. The minimum absolute atomic E-state index is 0.0407. The van der Waals surface area contributed by atoms with Gasteiger partial charge < -0.3 is 25.3 Å². The van der Waals surface area contributed by atoms with E-state index < -0.39 is 17.9 Å². The van der Waals surface area contributed by atoms with Crippen LogP contribution in [0.4, 0.5) is 26.1 Å². The summed E-state index contributed by atoms with van der Waals surface area (Å²) in [6.07, 6.45) is 4.73. The lowest BCUT2D eigenvalue weighted by Gasteiger charge is -2.36. The summed E-state index contributed by atoms with van der Waals surface area (Å²) in [6.45, 7) is 1.17. The Morgan fingerprint density at radius 2 is 2.18 bits per heavy atom. The summed E-state index contributed by atoms with van der Waals surface area (Å²) in [5.74, 6) is -2.79. The second-order valence-electron chi connectivity index (χ2n) is 8.53. The number of ether oxygens (including phenoxy) is 1. The number of hydrogen-bond acceptors (Lipinski definition) is 7. The number of carbonyl (C=O) groups is 1. The number of halogens is 2. The number of nitrogens with one attached hydrogen (secondary N) is 3. The molecule has 0 spiro atoms. The van der Waals surface area contributed by atoms with E-state index in [1.807, 2.05) is 0 Å². The predicted molar refractivity (Wildman–Crippen MR) is 121 cm³/mol. The first-order chi connectivity index (χ1) is 16.4. The van der Waals surface area contributed by atoms with Crippen LogP contribution in [0, 0.1) is 0 Å². The third-order valence-corrected chi connectivity index (χ3v) is 6.32. The predicted octanol–water partition coefficient (Wildman–Crippen LogP) is 2.56. The Bertz CT molecular complexity index is 1280. The molecule has 2 fully saturated rings. The van der Waals surface area contributed by atoms with Crippen molar-refractivity contribution in [2.75, 3.05) is 30.9 Å². The SMILES string of the molecule is CNc1cc(Nc2cccn([C@H]3CCCOC3)c2=O)nc2c(C(=O)N[C@@H]3CCC3(F)F)cnn12. The van der Waals surface area contributed by atoms with Crippen molar-refractivity contribution in [1.82, 2.24) is 24.5 Å². The highest BCUT2D eigenvalue weighted by atomic mass is 19.3. The summed E-state index contributed by atoms with van der Waals surface area (Å²) in [6, 6.07) is 3.82. The summed E-state index contributed by atoms with van der Waals surface area (Å²) in [5.41, 5.74) is 0.329. The highest BCUT2D eigenvalue weighted by Crippen LogP contribution is 2.37. The Kier molecular flexibility index (Phi) is 5.68. The Hall–Kier alpha value is -3.54. The number of hydrogen-bond donors (Lipinski definition) is 3. The lowest BCUT2D eigenvalue weighted by Crippen LogP contribution is -2.55. The van der Waals surface area contributed by atoms with Crippen LogP contribution in [0.15, 0.2) is 35.4 Å². The van der Waals surface area contributed by atoms with Gasteiger partial charge in [0.1, 0.15) is 22.9 Å². The standard InChI is InChI=1S/C22H25F2N7O3/c1-25-18-10-17(27-15-5-2-8-30(21(15)33)13-4-3-9-34-12-13)29-19-14(11-26-31(18)19)20(32)28-16-6-7-22(16,23)24/h2,5,8,10-11,13,16,25H,3-4,6-7,9,12H2,1H3,(H,27,29)(H,28,32)/t13-,16+/m0/s1. The minimum Gasteiger partial charge on any atom is -0.379 e. The minimum atomic E-state index is -2.91. The molecule has 10 nitrogen and oxygen atoms in total. The summed E-state index contributed by atoms with van der Waals surface area (Å²) >= 11 is 0. The van der Waals surface area contributed by atoms with Gasteiger partial charge in [0.15, 0.2) is 5.65 Å². The number of rotatable bonds is 6. The van der Waals surface area contributed by atoms with Gasteiger partial charge in [0, 0.05) is 32.3 Å². The molecule has 5 rings (SSSR count). The van der Waals surface area contributed by atoms with Crippen LogP contribution in [0.5, 0.6) is 0 Å². The van der Waals surface area contributed by atoms with E-state index in [2.05, 4.69) is 26.0 Å². The van der Waals surface area contributed by atoms with E-state index in [4.69, 9.17) is 4.74 Å². The Balaban J connectivity index is 1.46. The monoisotopic (exact) mass is 473 g/mol. The summed E-state index contributed by atoms with van der Waals surface area (Å²) in [7, 11) is 1.67. The quantitative estimate of drug-likeness (QED) is 0.504. The fourth-order valence-electron chi connectivity index (χ4n) is 4.26. The molecule has 1 saturated carbocycles. The molecular weight excluding hydrogens is 448 g/mol. The number of aromatic nitrogens is 4. The molecule has 0 radical (unpaired) electrons. The van der Waals surface area contributed by atoms with Crippen LogP contribution in [0.25, 0.3) is 5.65 Å². The second-order valence-corrected chi connectivity index (χ2v) is 8.53. The molecule has 1 amide bonds. The molecule has 0 aromatic carbocycles. The van der Waals surface area contributed by atoms with Crippen LogP contribution in [0.1, 0.15) is 42.1 Å². The average Bonchev–Trinajstić information content (AvgIpc) is 3.27. The van der Waals surface area contributed by atoms with Gasteiger partial charge in [-0.05, 0) is 31.4 Å². The van der Waals surface area contributed by atoms with Crippen LogP contribution in [-0.4, -0.2) is 57.3 Å². The van der Waals surface area contributed by atoms with E-state index in [-0.39, 0.29) is 35.7 Å². The van der Waals surface area contributed by atoms with Crippen molar-refractivity contribution in [3.63, 3.8) is 0 Å². The van der Waals surface area contributed by atoms with E-state index in [0.29, 0.717) is 30.5 Å². The molecule has 1 saturated heterocycles. The maximum atomic E-state index is 13.6. The van der Waals surface area contributed by atoms with Crippen molar-refractivity contribution in [3.8, 4) is 0 Å². The zero-order chi connectivity index (χ0) is 23.9. The fraction of sp³-hybridized carbons (Fsp3) is 0.455. The van der Waals surface area contributed by atoms with Gasteiger partial charge in [0.25, 0.3) is 17.4 Å². The maximum Gasteiger partial charge on any atom is 0.274 e. The van der Waals surface area contributed by atoms with Crippen molar-refractivity contribution in [2.45, 2.75) is 43.7 Å². The summed E-state index contributed by atoms with van der Waals surface area (Å²) in [5, 5.41) is 12.6. The average molecular weight is 473 g/mol. The molecule has 0 unspecified atom stereocenters. The van der Waals surface area contributed by atoms with Gasteiger partial charge in [-0.3, -0.25) is 9.59 Å². The van der Waals surface area contributed by atoms with Gasteiger partial charge in [-0.15, -0.1) is 0 Å². The van der Waals surface area contributed by atoms with Gasteiger partial charge in [0.05, 0.1) is 24.9 Å². The third-order valence-electron chi connectivity index (χ3n) is 6.32. The van der Waals surface area contributed by atoms with Crippen LogP contribution in [0.3, 0.4) is 0 Å². The molecule has 12 heteroatoms. The summed E-state index contributed by atoms with van der Waals surface area (Å²) < 4.78 is 35.8. The van der Waals surface area contributed by atoms with Crippen LogP contribution in [-0.2, 0) is 4.74 Å². The number of nitrogens with zero attached hydrogens (tertiary/aromatic N) is 4. The highest BCUT2D eigenvalue weighted by Gasteiger charge is 2.49. The molecule has 3 aromatic rings. The molecular formula is C22H25F2N7O3. The van der Waals surface area contributed by atoms with Crippen LogP contribution >= 0.6 is 0 Å². The third kappa shape index (κ3) is 3.98. The molecule has 1 aliphatic carbocycles. The van der Waals surface area contributed by atoms with Gasteiger partial charge in [0.2, 0.25) is 0 Å². The normalized spacial score (nSPS) is 21.6. The van der Waals surface area contributed by atoms with Gasteiger partial charge in [-0.2, -0.15) is 9.61 Å². The van der Waals surface area contributed by atoms with Gasteiger partial charge >= 0.3 is 0 Å². The molecule has 34 heavy (non-hydrogen) atoms. The lowest BCUT2D eigenvalue weighted by molar-refractivity contribution is -0.102. The van der Waals surface area contributed by atoms with Crippen molar-refractivity contribution in [2.24, 2.45) is 0 Å². The molecule has 180 valence electrons. The maximum absolute atomic E-state index is 13.6. The van der Waals surface area contributed by atoms with E-state index in [1.165, 1.54) is 10.7 Å². The number of carbonyl (C=O) groups excluding carboxylic acids is 1. The van der Waals surface area contributed by atoms with Crippen molar-refractivity contribution in [1.29, 1.82) is 0 Å². The summed E-state index contributed by atoms with van der Waals surface area (Å²) in [4.78, 5) is 30.3. The smallest absolute Gasteiger partial charge is 0.274 e. The molecule has 4 heterocycles. The molecule has 2 atom stereocenters. The number of alkyl halides is 2. The molecule has 1 aliphatic heterocycles. The fourth-order valence-corrected chi connectivity index (χ4v) is 4.26. The second kappa shape index (κ2) is 8.67. The first-order valence-electron chi connectivity index (χ1n) is 11.2. The Labute approximate surface area is 193 Å². The van der Waals surface area contributed by atoms with Crippen molar-refractivity contribution < 1.29 is 18.3 Å². The zero-order valence-corrected chi connectivity index (χ0v) is 18.6. The van der Waals surface area contributed by atoms with Crippen molar-refractivity contribution >= 4 is 28.9 Å². The van der Waals surface area contributed by atoms with Gasteiger partial charge in [-0.25, -0.2) is 13.8 Å². The largest absolute Gasteiger partial charge is 0.379 e. The highest BCUT2D eigenvalue weighted by molar-refractivity contribution is 6.00. The molecule has 0 bridgehead atoms. The lowest BCUT2D eigenvalue weighted by atomic mass is 9.88. The first kappa shape index (κ1) is 22.3. The van der Waals surface area contributed by atoms with Crippen molar-refractivity contribution in [3.05, 3.63) is 46.5 Å². The molecule has 2 aliphatic rings. The number of pyridine rings is 1. The number of fused-ring (bicyclic) bond motifs is 1. The molecule has 3 N–H and O–H groups in total. The zero-order valence-electron chi connectivity index (χ0n) is 18.6. The van der Waals surface area contributed by atoms with Gasteiger partial charge in [-0.1, -0.05) is 0 Å². The topological polar surface area (TPSA) is 115 Å². The molecule has 3 aromatic heterocycles. The van der Waals surface area contributed by atoms with E-state index in [9.17, 15) is 18.4 Å². The van der Waals surface area contributed by atoms with E-state index in [0.717, 1.165) is 12.8 Å². The van der Waals surface area contributed by atoms with Crippen LogP contribution in [0.2, 0.25) is 0 Å². The number of anilines is 3. The Morgan fingerprint density at radius 3 is 2.85 bits per heavy atom. The van der Waals surface area contributed by atoms with E-state index >= 15 is 0 Å². The first-order valence-corrected chi connectivity index (χ1v) is 11.2. The van der Waals surface area contributed by atoms with E-state index in [1.54, 1.807) is 36.0 Å². The number of amides is 1.